The van der Waals surface area contributed by atoms with Gasteiger partial charge in [0.15, 0.2) is 0 Å². The van der Waals surface area contributed by atoms with Gasteiger partial charge in [-0.2, -0.15) is 0 Å². The summed E-state index contributed by atoms with van der Waals surface area (Å²) in [5.41, 5.74) is 2.47. The summed E-state index contributed by atoms with van der Waals surface area (Å²) >= 11 is 0. The standard InChI is InChI=1S/C16H20O2/c1-15(2)10-16(15,14(17)11-4-5-11)12-6-8-13(18-3)9-7-12/h6-9,17H,4-5,10H2,1-3H3. The predicted octanol–water partition coefficient (Wildman–Crippen LogP) is 3.97. The average molecular weight is 244 g/mol. The molecule has 0 saturated heterocycles. The van der Waals surface area contributed by atoms with E-state index in [-0.39, 0.29) is 10.8 Å². The Hall–Kier alpha value is -1.44. The molecule has 0 heterocycles. The molecule has 1 aromatic carbocycles. The molecule has 2 nitrogen and oxygen atoms in total. The molecule has 2 fully saturated rings. The van der Waals surface area contributed by atoms with Crippen LogP contribution in [0.1, 0.15) is 38.7 Å². The number of aliphatic hydroxyl groups is 1. The number of benzene rings is 1. The predicted molar refractivity (Wildman–Crippen MR) is 72.0 cm³/mol. The maximum atomic E-state index is 10.5. The van der Waals surface area contributed by atoms with Crippen LogP contribution in [-0.2, 0) is 5.41 Å². The van der Waals surface area contributed by atoms with E-state index < -0.39 is 0 Å². The molecule has 1 atom stereocenters. The van der Waals surface area contributed by atoms with Crippen molar-refractivity contribution in [2.24, 2.45) is 5.41 Å². The second-order valence-electron chi connectivity index (χ2n) is 6.15. The van der Waals surface area contributed by atoms with E-state index in [4.69, 9.17) is 4.74 Å². The molecule has 2 aliphatic rings. The molecule has 0 aromatic heterocycles. The van der Waals surface area contributed by atoms with Gasteiger partial charge in [0.2, 0.25) is 0 Å². The lowest BCUT2D eigenvalue weighted by Crippen LogP contribution is -2.17. The largest absolute Gasteiger partial charge is 0.511 e. The van der Waals surface area contributed by atoms with Crippen LogP contribution in [0.3, 0.4) is 0 Å². The van der Waals surface area contributed by atoms with E-state index in [9.17, 15) is 5.11 Å². The monoisotopic (exact) mass is 244 g/mol. The van der Waals surface area contributed by atoms with E-state index in [0.717, 1.165) is 25.0 Å². The third-order valence-corrected chi connectivity index (χ3v) is 4.56. The zero-order chi connectivity index (χ0) is 13.0. The normalized spacial score (nSPS) is 27.8. The Morgan fingerprint density at radius 1 is 1.17 bits per heavy atom. The van der Waals surface area contributed by atoms with Gasteiger partial charge in [0, 0.05) is 0 Å². The molecule has 18 heavy (non-hydrogen) atoms. The Morgan fingerprint density at radius 2 is 1.72 bits per heavy atom. The van der Waals surface area contributed by atoms with Gasteiger partial charge in [-0.05, 0) is 47.9 Å². The second kappa shape index (κ2) is 3.53. The van der Waals surface area contributed by atoms with Crippen LogP contribution in [0.25, 0.3) is 0 Å². The Balaban J connectivity index is 2.03. The fourth-order valence-corrected chi connectivity index (χ4v) is 3.13. The molecular formula is C16H20O2. The van der Waals surface area contributed by atoms with Crippen LogP contribution >= 0.6 is 0 Å². The fraction of sp³-hybridized carbons (Fsp3) is 0.500. The van der Waals surface area contributed by atoms with Gasteiger partial charge in [0.1, 0.15) is 11.5 Å². The highest BCUT2D eigenvalue weighted by molar-refractivity contribution is 5.49. The zero-order valence-electron chi connectivity index (χ0n) is 11.3. The van der Waals surface area contributed by atoms with Crippen LogP contribution in [0.5, 0.6) is 5.75 Å². The summed E-state index contributed by atoms with van der Waals surface area (Å²) in [6.45, 7) is 4.47. The first-order valence-electron chi connectivity index (χ1n) is 6.57. The molecule has 1 unspecified atom stereocenters. The number of hydrogen-bond acceptors (Lipinski definition) is 2. The third kappa shape index (κ3) is 1.48. The van der Waals surface area contributed by atoms with Gasteiger partial charge in [-0.3, -0.25) is 0 Å². The molecule has 1 aromatic rings. The van der Waals surface area contributed by atoms with Gasteiger partial charge in [-0.25, -0.2) is 0 Å². The summed E-state index contributed by atoms with van der Waals surface area (Å²) in [6.07, 6.45) is 3.17. The molecule has 2 saturated carbocycles. The first kappa shape index (κ1) is 11.6. The lowest BCUT2D eigenvalue weighted by Gasteiger charge is -2.21. The smallest absolute Gasteiger partial charge is 0.118 e. The minimum atomic E-state index is -0.148. The van der Waals surface area contributed by atoms with Gasteiger partial charge in [-0.1, -0.05) is 26.0 Å². The summed E-state index contributed by atoms with van der Waals surface area (Å²) in [4.78, 5) is 0. The van der Waals surface area contributed by atoms with Crippen LogP contribution in [-0.4, -0.2) is 12.2 Å². The molecule has 1 N–H and O–H groups in total. The molecule has 3 rings (SSSR count). The lowest BCUT2D eigenvalue weighted by atomic mass is 9.85. The van der Waals surface area contributed by atoms with E-state index >= 15 is 0 Å². The van der Waals surface area contributed by atoms with Gasteiger partial charge in [0.25, 0.3) is 0 Å². The van der Waals surface area contributed by atoms with Crippen molar-refractivity contribution in [1.29, 1.82) is 0 Å². The summed E-state index contributed by atoms with van der Waals surface area (Å²) < 4.78 is 5.20. The Morgan fingerprint density at radius 3 is 2.11 bits per heavy atom. The third-order valence-electron chi connectivity index (χ3n) is 4.56. The molecule has 96 valence electrons. The van der Waals surface area contributed by atoms with Crippen LogP contribution in [0.4, 0.5) is 0 Å². The number of ether oxygens (including phenoxy) is 1. The van der Waals surface area contributed by atoms with Crippen LogP contribution in [0.2, 0.25) is 0 Å². The van der Waals surface area contributed by atoms with Crippen LogP contribution < -0.4 is 4.74 Å². The number of aliphatic hydroxyl groups excluding tert-OH is 1. The molecule has 0 radical (unpaired) electrons. The van der Waals surface area contributed by atoms with Gasteiger partial charge < -0.3 is 9.84 Å². The highest BCUT2D eigenvalue weighted by Crippen LogP contribution is 2.69. The fourth-order valence-electron chi connectivity index (χ4n) is 3.13. The van der Waals surface area contributed by atoms with Crippen molar-refractivity contribution < 1.29 is 9.84 Å². The van der Waals surface area contributed by atoms with E-state index in [1.54, 1.807) is 7.11 Å². The number of methoxy groups -OCH3 is 1. The first-order valence-corrected chi connectivity index (χ1v) is 6.57. The molecule has 2 aliphatic carbocycles. The van der Waals surface area contributed by atoms with Crippen molar-refractivity contribution >= 4 is 0 Å². The lowest BCUT2D eigenvalue weighted by molar-refractivity contribution is 0.327. The van der Waals surface area contributed by atoms with Crippen molar-refractivity contribution in [3.63, 3.8) is 0 Å². The highest BCUT2D eigenvalue weighted by atomic mass is 16.5. The first-order chi connectivity index (χ1) is 8.51. The molecule has 0 amide bonds. The summed E-state index contributed by atoms with van der Waals surface area (Å²) in [7, 11) is 1.68. The maximum Gasteiger partial charge on any atom is 0.118 e. The number of rotatable bonds is 3. The summed E-state index contributed by atoms with van der Waals surface area (Å²) in [5.74, 6) is 1.50. The number of hydrogen-bond donors (Lipinski definition) is 1. The SMILES string of the molecule is COc1ccc(C2(C(O)=C3CC3)CC2(C)C)cc1. The highest BCUT2D eigenvalue weighted by Gasteiger charge is 2.65. The zero-order valence-corrected chi connectivity index (χ0v) is 11.3. The van der Waals surface area contributed by atoms with Crippen molar-refractivity contribution in [2.45, 2.75) is 38.5 Å². The van der Waals surface area contributed by atoms with Crippen molar-refractivity contribution in [3.8, 4) is 5.75 Å². The quantitative estimate of drug-likeness (QED) is 0.815. The van der Waals surface area contributed by atoms with E-state index in [1.165, 1.54) is 11.1 Å². The minimum Gasteiger partial charge on any atom is -0.511 e. The minimum absolute atomic E-state index is 0.148. The summed E-state index contributed by atoms with van der Waals surface area (Å²) in [6, 6.07) is 8.14. The summed E-state index contributed by atoms with van der Waals surface area (Å²) in [5, 5.41) is 10.5. The van der Waals surface area contributed by atoms with Crippen molar-refractivity contribution in [1.82, 2.24) is 0 Å². The Labute approximate surface area is 108 Å². The second-order valence-corrected chi connectivity index (χ2v) is 6.15. The van der Waals surface area contributed by atoms with Gasteiger partial charge in [0.05, 0.1) is 12.5 Å². The molecule has 0 bridgehead atoms. The Kier molecular flexibility index (Phi) is 2.28. The topological polar surface area (TPSA) is 29.5 Å². The average Bonchev–Trinajstić information content (AvgIpc) is 3.25. The van der Waals surface area contributed by atoms with Crippen LogP contribution in [0, 0.1) is 5.41 Å². The van der Waals surface area contributed by atoms with E-state index in [1.807, 2.05) is 12.1 Å². The van der Waals surface area contributed by atoms with Crippen molar-refractivity contribution in [2.75, 3.05) is 7.11 Å². The molecule has 0 aliphatic heterocycles. The Bertz CT molecular complexity index is 504. The van der Waals surface area contributed by atoms with Crippen LogP contribution in [0.15, 0.2) is 35.6 Å². The molecule has 2 heteroatoms. The van der Waals surface area contributed by atoms with Gasteiger partial charge >= 0.3 is 0 Å². The number of allylic oxidation sites excluding steroid dienone is 2. The molecule has 0 spiro atoms. The van der Waals surface area contributed by atoms with E-state index in [2.05, 4.69) is 26.0 Å². The molecular weight excluding hydrogens is 224 g/mol. The van der Waals surface area contributed by atoms with Gasteiger partial charge in [-0.15, -0.1) is 0 Å². The van der Waals surface area contributed by atoms with Crippen molar-refractivity contribution in [3.05, 3.63) is 41.2 Å². The maximum absolute atomic E-state index is 10.5. The van der Waals surface area contributed by atoms with E-state index in [0.29, 0.717) is 5.76 Å².